The molecule has 0 saturated carbocycles. The molecule has 1 heterocycles. The predicted octanol–water partition coefficient (Wildman–Crippen LogP) is 5.00. The molecule has 0 aliphatic carbocycles. The molecule has 0 atom stereocenters. The lowest BCUT2D eigenvalue weighted by molar-refractivity contribution is 0.415. The number of nitrogens with zero attached hydrogens (tertiary/aromatic N) is 2. The lowest BCUT2D eigenvalue weighted by atomic mass is 10.3. The molecule has 0 spiro atoms. The van der Waals surface area contributed by atoms with Crippen molar-refractivity contribution < 1.29 is 4.74 Å². The van der Waals surface area contributed by atoms with Gasteiger partial charge < -0.3 is 9.30 Å². The highest BCUT2D eigenvalue weighted by molar-refractivity contribution is 9.10. The Morgan fingerprint density at radius 2 is 1.82 bits per heavy atom. The van der Waals surface area contributed by atoms with Gasteiger partial charge in [-0.15, -0.1) is 0 Å². The minimum atomic E-state index is 0.853. The van der Waals surface area contributed by atoms with Crippen molar-refractivity contribution in [2.24, 2.45) is 4.99 Å². The molecule has 0 bridgehead atoms. The summed E-state index contributed by atoms with van der Waals surface area (Å²) in [5.41, 5.74) is 3.05. The fourth-order valence-corrected chi connectivity index (χ4v) is 2.49. The van der Waals surface area contributed by atoms with E-state index in [2.05, 4.69) is 25.5 Å². The molecule has 3 nitrogen and oxygen atoms in total. The predicted molar refractivity (Wildman–Crippen MR) is 93.7 cm³/mol. The highest BCUT2D eigenvalue weighted by Gasteiger charge is 1.99. The van der Waals surface area contributed by atoms with Crippen LogP contribution in [-0.4, -0.2) is 17.9 Å². The number of methoxy groups -OCH3 is 1. The van der Waals surface area contributed by atoms with E-state index in [0.29, 0.717) is 0 Å². The van der Waals surface area contributed by atoms with Gasteiger partial charge in [0.2, 0.25) is 0 Å². The average Bonchev–Trinajstić information content (AvgIpc) is 3.03. The van der Waals surface area contributed by atoms with Crippen molar-refractivity contribution in [3.63, 3.8) is 0 Å². The number of hydrogen-bond acceptors (Lipinski definition) is 2. The van der Waals surface area contributed by atoms with Gasteiger partial charge in [0.15, 0.2) is 0 Å². The largest absolute Gasteiger partial charge is 0.497 e. The highest BCUT2D eigenvalue weighted by atomic mass is 79.9. The smallest absolute Gasteiger partial charge is 0.119 e. The summed E-state index contributed by atoms with van der Waals surface area (Å²) in [6.45, 7) is 0. The Bertz CT molecular complexity index is 791. The summed E-state index contributed by atoms with van der Waals surface area (Å²) in [7, 11) is 1.67. The molecule has 0 N–H and O–H groups in total. The zero-order valence-electron chi connectivity index (χ0n) is 12.1. The van der Waals surface area contributed by atoms with Crippen molar-refractivity contribution in [1.29, 1.82) is 0 Å². The Morgan fingerprint density at radius 1 is 1.05 bits per heavy atom. The van der Waals surface area contributed by atoms with Gasteiger partial charge in [-0.1, -0.05) is 12.1 Å². The van der Waals surface area contributed by atoms with Gasteiger partial charge in [0.25, 0.3) is 0 Å². The zero-order chi connectivity index (χ0) is 15.4. The maximum atomic E-state index is 5.17. The Labute approximate surface area is 138 Å². The number of hydrogen-bond donors (Lipinski definition) is 0. The second-order valence-corrected chi connectivity index (χ2v) is 5.61. The van der Waals surface area contributed by atoms with Crippen LogP contribution in [0.2, 0.25) is 0 Å². The van der Waals surface area contributed by atoms with Crippen LogP contribution in [0.1, 0.15) is 5.56 Å². The summed E-state index contributed by atoms with van der Waals surface area (Å²) in [6.07, 6.45) is 5.92. The number of rotatable bonds is 4. The number of para-hydroxylation sites is 1. The van der Waals surface area contributed by atoms with Crippen molar-refractivity contribution in [2.75, 3.05) is 7.11 Å². The third kappa shape index (κ3) is 3.28. The average molecular weight is 355 g/mol. The second-order valence-electron chi connectivity index (χ2n) is 4.76. The summed E-state index contributed by atoms with van der Waals surface area (Å²) < 4.78 is 8.22. The molecule has 0 saturated heterocycles. The molecule has 2 aromatic carbocycles. The van der Waals surface area contributed by atoms with Gasteiger partial charge in [0, 0.05) is 34.3 Å². The Hall–Kier alpha value is -2.33. The number of benzene rings is 2. The van der Waals surface area contributed by atoms with E-state index in [1.807, 2.05) is 73.2 Å². The molecule has 110 valence electrons. The molecule has 0 fully saturated rings. The van der Waals surface area contributed by atoms with Gasteiger partial charge in [0.1, 0.15) is 5.75 Å². The quantitative estimate of drug-likeness (QED) is 0.605. The Balaban J connectivity index is 1.80. The molecule has 1 aromatic heterocycles. The normalized spacial score (nSPS) is 11.0. The minimum Gasteiger partial charge on any atom is -0.497 e. The van der Waals surface area contributed by atoms with E-state index in [1.54, 1.807) is 7.11 Å². The number of halogens is 1. The monoisotopic (exact) mass is 354 g/mol. The van der Waals surface area contributed by atoms with Crippen molar-refractivity contribution in [2.45, 2.75) is 0 Å². The maximum Gasteiger partial charge on any atom is 0.119 e. The van der Waals surface area contributed by atoms with Crippen LogP contribution in [0.5, 0.6) is 5.75 Å². The SMILES string of the molecule is COc1ccc(-n2ccc(C=Nc3ccccc3Br)c2)cc1. The number of ether oxygens (including phenoxy) is 1. The maximum absolute atomic E-state index is 5.17. The second kappa shape index (κ2) is 6.62. The highest BCUT2D eigenvalue weighted by Crippen LogP contribution is 2.24. The van der Waals surface area contributed by atoms with Crippen LogP contribution in [-0.2, 0) is 0 Å². The third-order valence-corrected chi connectivity index (χ3v) is 3.96. The molecule has 22 heavy (non-hydrogen) atoms. The van der Waals surface area contributed by atoms with Crippen LogP contribution < -0.4 is 4.74 Å². The lowest BCUT2D eigenvalue weighted by Gasteiger charge is -2.04. The van der Waals surface area contributed by atoms with E-state index in [0.717, 1.165) is 27.2 Å². The first-order valence-electron chi connectivity index (χ1n) is 6.87. The summed E-state index contributed by atoms with van der Waals surface area (Å²) >= 11 is 3.49. The molecule has 0 amide bonds. The third-order valence-electron chi connectivity index (χ3n) is 3.29. The van der Waals surface area contributed by atoms with Gasteiger partial charge in [-0.3, -0.25) is 4.99 Å². The zero-order valence-corrected chi connectivity index (χ0v) is 13.7. The van der Waals surface area contributed by atoms with Crippen LogP contribution in [0.3, 0.4) is 0 Å². The fourth-order valence-electron chi connectivity index (χ4n) is 2.10. The molecular weight excluding hydrogens is 340 g/mol. The molecule has 4 heteroatoms. The molecule has 0 aliphatic rings. The van der Waals surface area contributed by atoms with E-state index < -0.39 is 0 Å². The lowest BCUT2D eigenvalue weighted by Crippen LogP contribution is -1.90. The van der Waals surface area contributed by atoms with E-state index in [4.69, 9.17) is 4.74 Å². The molecule has 3 rings (SSSR count). The Kier molecular flexibility index (Phi) is 4.39. The van der Waals surface area contributed by atoms with Gasteiger partial charge in [-0.25, -0.2) is 0 Å². The molecule has 0 unspecified atom stereocenters. The van der Waals surface area contributed by atoms with Crippen LogP contribution in [0.15, 0.2) is 76.5 Å². The molecule has 0 aliphatic heterocycles. The first-order chi connectivity index (χ1) is 10.8. The van der Waals surface area contributed by atoms with Crippen LogP contribution in [0.4, 0.5) is 5.69 Å². The first-order valence-corrected chi connectivity index (χ1v) is 7.66. The van der Waals surface area contributed by atoms with E-state index in [1.165, 1.54) is 0 Å². The topological polar surface area (TPSA) is 26.5 Å². The van der Waals surface area contributed by atoms with Crippen molar-refractivity contribution in [3.8, 4) is 11.4 Å². The molecule has 3 aromatic rings. The van der Waals surface area contributed by atoms with Crippen molar-refractivity contribution in [3.05, 3.63) is 77.0 Å². The summed E-state index contributed by atoms with van der Waals surface area (Å²) in [4.78, 5) is 4.51. The first kappa shape index (κ1) is 14.6. The van der Waals surface area contributed by atoms with Gasteiger partial charge in [-0.2, -0.15) is 0 Å². The Morgan fingerprint density at radius 3 is 2.55 bits per heavy atom. The van der Waals surface area contributed by atoms with Gasteiger partial charge in [0.05, 0.1) is 12.8 Å². The minimum absolute atomic E-state index is 0.853. The van der Waals surface area contributed by atoms with Crippen LogP contribution in [0.25, 0.3) is 5.69 Å². The van der Waals surface area contributed by atoms with Crippen molar-refractivity contribution in [1.82, 2.24) is 4.57 Å². The summed E-state index contributed by atoms with van der Waals surface area (Å²) in [6, 6.07) is 17.9. The summed E-state index contributed by atoms with van der Waals surface area (Å²) in [5, 5.41) is 0. The standard InChI is InChI=1S/C18H15BrN2O/c1-22-16-8-6-15(7-9-16)21-11-10-14(13-21)12-20-18-5-3-2-4-17(18)19/h2-13H,1H3. The summed E-state index contributed by atoms with van der Waals surface area (Å²) in [5.74, 6) is 0.853. The molecule has 0 radical (unpaired) electrons. The fraction of sp³-hybridized carbons (Fsp3) is 0.0556. The van der Waals surface area contributed by atoms with Crippen LogP contribution in [0, 0.1) is 0 Å². The van der Waals surface area contributed by atoms with E-state index in [9.17, 15) is 0 Å². The van der Waals surface area contributed by atoms with Gasteiger partial charge >= 0.3 is 0 Å². The number of aliphatic imine (C=N–C) groups is 1. The van der Waals surface area contributed by atoms with Crippen molar-refractivity contribution >= 4 is 27.8 Å². The number of aromatic nitrogens is 1. The van der Waals surface area contributed by atoms with E-state index in [-0.39, 0.29) is 0 Å². The molecular formula is C18H15BrN2O. The van der Waals surface area contributed by atoms with Gasteiger partial charge in [-0.05, 0) is 58.4 Å². The van der Waals surface area contributed by atoms with Crippen LogP contribution >= 0.6 is 15.9 Å². The van der Waals surface area contributed by atoms with E-state index >= 15 is 0 Å².